The molecule has 0 aliphatic carbocycles. The molecule has 0 atom stereocenters. The molecule has 31 heavy (non-hydrogen) atoms. The van der Waals surface area contributed by atoms with Crippen molar-refractivity contribution in [2.24, 2.45) is 0 Å². The van der Waals surface area contributed by atoms with Crippen LogP contribution >= 0.6 is 0 Å². The molecule has 3 aromatic rings. The van der Waals surface area contributed by atoms with E-state index in [1.807, 2.05) is 31.7 Å². The summed E-state index contributed by atoms with van der Waals surface area (Å²) in [7, 11) is 0. The maximum absolute atomic E-state index is 13.5. The fraction of sp³-hybridized carbons (Fsp3) is 0.409. The molecule has 2 aromatic heterocycles. The van der Waals surface area contributed by atoms with E-state index in [2.05, 4.69) is 10.1 Å². The number of fused-ring (bicyclic) bond motifs is 1. The zero-order valence-corrected chi connectivity index (χ0v) is 17.6. The van der Waals surface area contributed by atoms with E-state index in [9.17, 15) is 18.0 Å². The Morgan fingerprint density at radius 3 is 2.16 bits per heavy atom. The molecule has 3 heterocycles. The molecule has 0 N–H and O–H groups in total. The maximum atomic E-state index is 13.5. The molecule has 0 radical (unpaired) electrons. The smallest absolute Gasteiger partial charge is 0.353 e. The fourth-order valence-electron chi connectivity index (χ4n) is 3.60. The lowest BCUT2D eigenvalue weighted by Crippen LogP contribution is -2.49. The van der Waals surface area contributed by atoms with Crippen molar-refractivity contribution in [1.29, 1.82) is 0 Å². The minimum Gasteiger partial charge on any atom is -0.353 e. The van der Waals surface area contributed by atoms with Crippen LogP contribution in [0.15, 0.2) is 42.5 Å². The van der Waals surface area contributed by atoms with E-state index in [0.29, 0.717) is 43.3 Å². The highest BCUT2D eigenvalue weighted by molar-refractivity contribution is 5.94. The third-order valence-corrected chi connectivity index (χ3v) is 5.38. The molecular formula is C22H24F3N5O. The van der Waals surface area contributed by atoms with Gasteiger partial charge in [0.05, 0.1) is 5.69 Å². The van der Waals surface area contributed by atoms with Gasteiger partial charge in [0.2, 0.25) is 0 Å². The van der Waals surface area contributed by atoms with Gasteiger partial charge in [-0.2, -0.15) is 22.8 Å². The van der Waals surface area contributed by atoms with Gasteiger partial charge in [0.15, 0.2) is 11.3 Å². The molecule has 0 unspecified atom stereocenters. The summed E-state index contributed by atoms with van der Waals surface area (Å²) in [5.74, 6) is 0.254. The minimum atomic E-state index is -4.56. The largest absolute Gasteiger partial charge is 0.433 e. The average molecular weight is 431 g/mol. The van der Waals surface area contributed by atoms with Crippen molar-refractivity contribution in [3.8, 4) is 0 Å². The second-order valence-corrected chi connectivity index (χ2v) is 8.69. The number of carbonyl (C=O) groups excluding carboxylic acids is 1. The van der Waals surface area contributed by atoms with Gasteiger partial charge >= 0.3 is 6.18 Å². The molecule has 0 spiro atoms. The predicted molar refractivity (Wildman–Crippen MR) is 111 cm³/mol. The number of anilines is 1. The van der Waals surface area contributed by atoms with Gasteiger partial charge in [-0.05, 0) is 12.1 Å². The van der Waals surface area contributed by atoms with E-state index in [-0.39, 0.29) is 17.0 Å². The number of alkyl halides is 3. The number of aromatic nitrogens is 3. The van der Waals surface area contributed by atoms with Crippen molar-refractivity contribution >= 4 is 17.4 Å². The van der Waals surface area contributed by atoms with E-state index in [1.54, 1.807) is 35.2 Å². The lowest BCUT2D eigenvalue weighted by molar-refractivity contribution is -0.141. The van der Waals surface area contributed by atoms with Gasteiger partial charge in [-0.15, -0.1) is 0 Å². The predicted octanol–water partition coefficient (Wildman–Crippen LogP) is 4.01. The summed E-state index contributed by atoms with van der Waals surface area (Å²) in [5, 5.41) is 4.55. The number of rotatable bonds is 2. The van der Waals surface area contributed by atoms with Gasteiger partial charge in [-0.25, -0.2) is 4.98 Å². The zero-order chi connectivity index (χ0) is 22.4. The Morgan fingerprint density at radius 2 is 1.58 bits per heavy atom. The average Bonchev–Trinajstić information content (AvgIpc) is 3.18. The summed E-state index contributed by atoms with van der Waals surface area (Å²) in [6, 6.07) is 11.6. The van der Waals surface area contributed by atoms with Crippen molar-refractivity contribution in [1.82, 2.24) is 19.5 Å². The molecule has 1 aromatic carbocycles. The van der Waals surface area contributed by atoms with Crippen molar-refractivity contribution < 1.29 is 18.0 Å². The topological polar surface area (TPSA) is 53.7 Å². The highest BCUT2D eigenvalue weighted by Crippen LogP contribution is 2.32. The number of amides is 1. The standard InChI is InChI=1S/C22H24F3N5O/c1-21(2,3)16-13-18-26-17(22(23,24)25)14-19(30(18)27-16)28-9-11-29(12-10-28)20(31)15-7-5-4-6-8-15/h4-8,13-14H,9-12H2,1-3H3. The molecule has 0 saturated carbocycles. The molecule has 6 nitrogen and oxygen atoms in total. The summed E-state index contributed by atoms with van der Waals surface area (Å²) in [6.07, 6.45) is -4.56. The van der Waals surface area contributed by atoms with Crippen LogP contribution in [0.4, 0.5) is 19.0 Å². The van der Waals surface area contributed by atoms with Crippen molar-refractivity contribution in [2.75, 3.05) is 31.1 Å². The van der Waals surface area contributed by atoms with E-state index >= 15 is 0 Å². The number of nitrogens with zero attached hydrogens (tertiary/aromatic N) is 5. The number of carbonyl (C=O) groups is 1. The minimum absolute atomic E-state index is 0.0785. The SMILES string of the molecule is CC(C)(C)c1cc2nc(C(F)(F)F)cc(N3CCN(C(=O)c4ccccc4)CC3)n2n1. The van der Waals surface area contributed by atoms with Gasteiger partial charge in [-0.1, -0.05) is 39.0 Å². The van der Waals surface area contributed by atoms with Crippen LogP contribution in [0, 0.1) is 0 Å². The highest BCUT2D eigenvalue weighted by atomic mass is 19.4. The van der Waals surface area contributed by atoms with Crippen molar-refractivity contribution in [2.45, 2.75) is 32.4 Å². The van der Waals surface area contributed by atoms with Crippen LogP contribution < -0.4 is 4.90 Å². The van der Waals surface area contributed by atoms with Crippen LogP contribution in [0.5, 0.6) is 0 Å². The summed E-state index contributed by atoms with van der Waals surface area (Å²) < 4.78 is 42.0. The molecule has 0 bridgehead atoms. The van der Waals surface area contributed by atoms with Crippen LogP contribution in [-0.2, 0) is 11.6 Å². The van der Waals surface area contributed by atoms with Gasteiger partial charge < -0.3 is 9.80 Å². The first-order valence-electron chi connectivity index (χ1n) is 10.1. The lowest BCUT2D eigenvalue weighted by Gasteiger charge is -2.36. The first-order chi connectivity index (χ1) is 14.5. The molecule has 1 aliphatic heterocycles. The van der Waals surface area contributed by atoms with Gasteiger partial charge in [0.1, 0.15) is 5.82 Å². The van der Waals surface area contributed by atoms with Crippen LogP contribution in [-0.4, -0.2) is 51.6 Å². The first kappa shape index (κ1) is 21.1. The molecule has 1 amide bonds. The van der Waals surface area contributed by atoms with Crippen molar-refractivity contribution in [3.63, 3.8) is 0 Å². The summed E-state index contributed by atoms with van der Waals surface area (Å²) >= 11 is 0. The number of benzene rings is 1. The van der Waals surface area contributed by atoms with Gasteiger partial charge in [0, 0.05) is 49.3 Å². The number of hydrogen-bond donors (Lipinski definition) is 0. The molecule has 164 valence electrons. The Morgan fingerprint density at radius 1 is 0.935 bits per heavy atom. The van der Waals surface area contributed by atoms with E-state index in [0.717, 1.165) is 6.07 Å². The number of piperazine rings is 1. The lowest BCUT2D eigenvalue weighted by atomic mass is 9.93. The Kier molecular flexibility index (Phi) is 5.15. The summed E-state index contributed by atoms with van der Waals surface area (Å²) in [5.41, 5.74) is 0.155. The number of hydrogen-bond acceptors (Lipinski definition) is 4. The Bertz CT molecular complexity index is 1090. The third kappa shape index (κ3) is 4.22. The van der Waals surface area contributed by atoms with Gasteiger partial charge in [-0.3, -0.25) is 4.79 Å². The quantitative estimate of drug-likeness (QED) is 0.615. The molecule has 1 aliphatic rings. The molecule has 1 fully saturated rings. The van der Waals surface area contributed by atoms with E-state index in [1.165, 1.54) is 4.52 Å². The zero-order valence-electron chi connectivity index (χ0n) is 17.6. The Hall–Kier alpha value is -3.10. The van der Waals surface area contributed by atoms with E-state index in [4.69, 9.17) is 0 Å². The molecule has 9 heteroatoms. The van der Waals surface area contributed by atoms with E-state index < -0.39 is 11.9 Å². The first-order valence-corrected chi connectivity index (χ1v) is 10.1. The maximum Gasteiger partial charge on any atom is 0.433 e. The molecule has 4 rings (SSSR count). The second kappa shape index (κ2) is 7.55. The van der Waals surface area contributed by atoms with Crippen LogP contribution in [0.3, 0.4) is 0 Å². The summed E-state index contributed by atoms with van der Waals surface area (Å²) in [6.45, 7) is 7.48. The highest BCUT2D eigenvalue weighted by Gasteiger charge is 2.35. The fourth-order valence-corrected chi connectivity index (χ4v) is 3.60. The summed E-state index contributed by atoms with van der Waals surface area (Å²) in [4.78, 5) is 20.0. The van der Waals surface area contributed by atoms with Crippen LogP contribution in [0.25, 0.3) is 5.65 Å². The van der Waals surface area contributed by atoms with Gasteiger partial charge in [0.25, 0.3) is 5.91 Å². The molecule has 1 saturated heterocycles. The van der Waals surface area contributed by atoms with Crippen molar-refractivity contribution in [3.05, 3.63) is 59.4 Å². The van der Waals surface area contributed by atoms with Crippen LogP contribution in [0.2, 0.25) is 0 Å². The molecular weight excluding hydrogens is 407 g/mol. The monoisotopic (exact) mass is 431 g/mol. The Labute approximate surface area is 178 Å². The van der Waals surface area contributed by atoms with Crippen LogP contribution in [0.1, 0.15) is 42.5 Å². The third-order valence-electron chi connectivity index (χ3n) is 5.38. The normalized spacial score (nSPS) is 15.5. The Balaban J connectivity index is 1.64. The second-order valence-electron chi connectivity index (χ2n) is 8.69. The number of halogens is 3.